The molecule has 0 saturated carbocycles. The highest BCUT2D eigenvalue weighted by molar-refractivity contribution is 5.54. The average Bonchev–Trinajstić information content (AvgIpc) is 3.66. The summed E-state index contributed by atoms with van der Waals surface area (Å²) in [6.45, 7) is 10.3. The molecule has 6 heterocycles. The molecular weight excluding hydrogens is 510 g/mol. The fourth-order valence-electron chi connectivity index (χ4n) is 9.05. The maximum Gasteiger partial charge on any atom is 0.318 e. The molecule has 4 aliphatic heterocycles. The Morgan fingerprint density at radius 1 is 1.05 bits per heavy atom. The van der Waals surface area contributed by atoms with Crippen LogP contribution in [-0.4, -0.2) is 67.6 Å². The molecule has 2 saturated heterocycles. The summed E-state index contributed by atoms with van der Waals surface area (Å²) in [5.74, 6) is 1.77. The molecule has 2 aromatic heterocycles. The molecular formula is C33H43N7O. The van der Waals surface area contributed by atoms with Crippen LogP contribution in [0.3, 0.4) is 0 Å². The van der Waals surface area contributed by atoms with Gasteiger partial charge in [0, 0.05) is 43.9 Å². The van der Waals surface area contributed by atoms with E-state index in [9.17, 15) is 0 Å². The Morgan fingerprint density at radius 3 is 2.88 bits per heavy atom. The van der Waals surface area contributed by atoms with E-state index in [4.69, 9.17) is 14.7 Å². The smallest absolute Gasteiger partial charge is 0.318 e. The Labute approximate surface area is 243 Å². The van der Waals surface area contributed by atoms with Crippen LogP contribution in [0.5, 0.6) is 6.01 Å². The van der Waals surface area contributed by atoms with Crippen molar-refractivity contribution in [3.05, 3.63) is 64.9 Å². The van der Waals surface area contributed by atoms with Crippen LogP contribution >= 0.6 is 0 Å². The number of hydrogen-bond acceptors (Lipinski definition) is 7. The second-order valence-electron chi connectivity index (χ2n) is 13.7. The SMILES string of the molecule is C[C@H]1CN2CCC[C@@]2(COc2nc3c(c(N4Cc5cncn5C[C@H]4C)n2)CN(C)[C@@]2(CCCc4ccccc42)C3)C1. The van der Waals surface area contributed by atoms with E-state index in [1.807, 2.05) is 12.5 Å². The number of nitrogens with zero attached hydrogens (tertiary/aromatic N) is 7. The van der Waals surface area contributed by atoms with E-state index in [2.05, 4.69) is 69.4 Å². The molecule has 4 atom stereocenters. The predicted molar refractivity (Wildman–Crippen MR) is 159 cm³/mol. The first kappa shape index (κ1) is 25.7. The highest BCUT2D eigenvalue weighted by Crippen LogP contribution is 2.48. The number of hydrogen-bond donors (Lipinski definition) is 0. The van der Waals surface area contributed by atoms with Crippen LogP contribution in [-0.2, 0) is 38.0 Å². The summed E-state index contributed by atoms with van der Waals surface area (Å²) < 4.78 is 8.96. The van der Waals surface area contributed by atoms with Gasteiger partial charge in [0.05, 0.1) is 35.3 Å². The van der Waals surface area contributed by atoms with Crippen LogP contribution < -0.4 is 9.64 Å². The average molecular weight is 554 g/mol. The topological polar surface area (TPSA) is 62.6 Å². The second kappa shape index (κ2) is 9.53. The lowest BCUT2D eigenvalue weighted by molar-refractivity contribution is 0.0713. The van der Waals surface area contributed by atoms with E-state index in [-0.39, 0.29) is 11.1 Å². The minimum absolute atomic E-state index is 0.0291. The monoisotopic (exact) mass is 553 g/mol. The molecule has 0 amide bonds. The first-order valence-corrected chi connectivity index (χ1v) is 15.8. The molecule has 1 spiro atoms. The van der Waals surface area contributed by atoms with Crippen molar-refractivity contribution >= 4 is 5.82 Å². The number of aromatic nitrogens is 4. The van der Waals surface area contributed by atoms with Gasteiger partial charge in [-0.15, -0.1) is 0 Å². The maximum absolute atomic E-state index is 6.68. The van der Waals surface area contributed by atoms with Crippen LogP contribution in [0.15, 0.2) is 36.8 Å². The van der Waals surface area contributed by atoms with E-state index in [1.54, 1.807) is 0 Å². The quantitative estimate of drug-likeness (QED) is 0.470. The number of fused-ring (bicyclic) bond motifs is 5. The van der Waals surface area contributed by atoms with Crippen molar-refractivity contribution in [3.63, 3.8) is 0 Å². The normalized spacial score (nSPS) is 31.1. The molecule has 3 aromatic rings. The molecule has 1 aromatic carbocycles. The third kappa shape index (κ3) is 4.04. The Hall–Kier alpha value is -2.97. The van der Waals surface area contributed by atoms with Gasteiger partial charge in [-0.05, 0) is 76.1 Å². The van der Waals surface area contributed by atoms with Crippen molar-refractivity contribution in [1.29, 1.82) is 0 Å². The number of anilines is 1. The highest BCUT2D eigenvalue weighted by Gasteiger charge is 2.48. The zero-order chi connectivity index (χ0) is 27.8. The third-order valence-electron chi connectivity index (χ3n) is 11.1. The Balaban J connectivity index is 1.19. The van der Waals surface area contributed by atoms with Crippen LogP contribution in [0.2, 0.25) is 0 Å². The van der Waals surface area contributed by atoms with Gasteiger partial charge in [0.25, 0.3) is 0 Å². The van der Waals surface area contributed by atoms with Crippen LogP contribution in [0.25, 0.3) is 0 Å². The number of likely N-dealkylation sites (N-methyl/N-ethyl adjacent to an activating group) is 1. The lowest BCUT2D eigenvalue weighted by Crippen LogP contribution is -2.51. The maximum atomic E-state index is 6.68. The molecule has 1 aliphatic carbocycles. The van der Waals surface area contributed by atoms with Crippen LogP contribution in [0, 0.1) is 5.92 Å². The molecule has 0 unspecified atom stereocenters. The fraction of sp³-hybridized carbons (Fsp3) is 0.606. The van der Waals surface area contributed by atoms with Gasteiger partial charge in [-0.1, -0.05) is 31.2 Å². The molecule has 2 fully saturated rings. The van der Waals surface area contributed by atoms with E-state index in [1.165, 1.54) is 66.9 Å². The van der Waals surface area contributed by atoms with Crippen molar-refractivity contribution in [3.8, 4) is 6.01 Å². The van der Waals surface area contributed by atoms with Crippen molar-refractivity contribution in [2.75, 3.05) is 31.6 Å². The molecule has 41 heavy (non-hydrogen) atoms. The predicted octanol–water partition coefficient (Wildman–Crippen LogP) is 4.55. The minimum atomic E-state index is -0.0291. The van der Waals surface area contributed by atoms with Crippen molar-refractivity contribution in [2.45, 2.75) is 95.5 Å². The summed E-state index contributed by atoms with van der Waals surface area (Å²) in [6.07, 6.45) is 12.1. The summed E-state index contributed by atoms with van der Waals surface area (Å²) in [4.78, 5) is 22.7. The molecule has 0 N–H and O–H groups in total. The van der Waals surface area contributed by atoms with Crippen molar-refractivity contribution in [2.24, 2.45) is 5.92 Å². The summed E-state index contributed by atoms with van der Waals surface area (Å²) in [5, 5.41) is 0. The first-order valence-electron chi connectivity index (χ1n) is 15.8. The zero-order valence-electron chi connectivity index (χ0n) is 24.8. The Kier molecular flexibility index (Phi) is 5.98. The van der Waals surface area contributed by atoms with E-state index in [0.717, 1.165) is 50.6 Å². The standard InChI is InChI=1S/C33H43N7O/c1-23-14-32(11-7-13-39(32)17-23)21-41-31-35-29-15-33(12-6-9-25-8-4-5-10-28(25)33)37(3)20-27(29)30(36-31)40-19-26-16-34-22-38(26)18-24(40)2/h4-5,8,10,16,22-24H,6-7,9,11-15,17-21H2,1-3H3/t23-,24-,32+,33+/m1/s1. The van der Waals surface area contributed by atoms with Gasteiger partial charge in [-0.3, -0.25) is 9.80 Å². The molecule has 8 rings (SSSR count). The van der Waals surface area contributed by atoms with Crippen molar-refractivity contribution < 1.29 is 4.74 Å². The van der Waals surface area contributed by atoms with E-state index >= 15 is 0 Å². The number of imidazole rings is 1. The molecule has 5 aliphatic rings. The molecule has 8 heteroatoms. The molecule has 0 bridgehead atoms. The Bertz CT molecular complexity index is 1470. The van der Waals surface area contributed by atoms with Gasteiger partial charge in [0.1, 0.15) is 12.4 Å². The van der Waals surface area contributed by atoms with E-state index in [0.29, 0.717) is 18.7 Å². The highest BCUT2D eigenvalue weighted by atomic mass is 16.5. The van der Waals surface area contributed by atoms with Crippen molar-refractivity contribution in [1.82, 2.24) is 29.3 Å². The number of rotatable bonds is 4. The van der Waals surface area contributed by atoms with Gasteiger partial charge >= 0.3 is 6.01 Å². The number of benzene rings is 1. The molecule has 216 valence electrons. The summed E-state index contributed by atoms with van der Waals surface area (Å²) in [6, 6.07) is 9.96. The van der Waals surface area contributed by atoms with Crippen LogP contribution in [0.4, 0.5) is 5.82 Å². The summed E-state index contributed by atoms with van der Waals surface area (Å²) in [5.41, 5.74) is 6.77. The molecule has 0 radical (unpaired) electrons. The Morgan fingerprint density at radius 2 is 1.95 bits per heavy atom. The fourth-order valence-corrected chi connectivity index (χ4v) is 9.05. The summed E-state index contributed by atoms with van der Waals surface area (Å²) in [7, 11) is 2.31. The lowest BCUT2D eigenvalue weighted by atomic mass is 9.71. The zero-order valence-corrected chi connectivity index (χ0v) is 24.8. The summed E-state index contributed by atoms with van der Waals surface area (Å²) >= 11 is 0. The minimum Gasteiger partial charge on any atom is -0.461 e. The number of ether oxygens (including phenoxy) is 1. The van der Waals surface area contributed by atoms with Crippen LogP contribution in [0.1, 0.15) is 74.0 Å². The third-order valence-corrected chi connectivity index (χ3v) is 11.1. The van der Waals surface area contributed by atoms with Gasteiger partial charge in [-0.2, -0.15) is 9.97 Å². The van der Waals surface area contributed by atoms with E-state index < -0.39 is 0 Å². The van der Waals surface area contributed by atoms with Gasteiger partial charge in [-0.25, -0.2) is 4.98 Å². The van der Waals surface area contributed by atoms with Gasteiger partial charge in [0.15, 0.2) is 0 Å². The van der Waals surface area contributed by atoms with Gasteiger partial charge < -0.3 is 14.2 Å². The van der Waals surface area contributed by atoms with Gasteiger partial charge in [0.2, 0.25) is 0 Å². The number of aryl methyl sites for hydroxylation is 1. The lowest BCUT2D eigenvalue weighted by Gasteiger charge is -2.49. The largest absolute Gasteiger partial charge is 0.461 e. The first-order chi connectivity index (χ1) is 19.9. The molecule has 8 nitrogen and oxygen atoms in total. The second-order valence-corrected chi connectivity index (χ2v) is 13.7.